The van der Waals surface area contributed by atoms with Gasteiger partial charge in [0.15, 0.2) is 0 Å². The van der Waals surface area contributed by atoms with E-state index in [1.165, 1.54) is 0 Å². The lowest BCUT2D eigenvalue weighted by Crippen LogP contribution is -2.49. The number of pyridine rings is 1. The molecule has 0 radical (unpaired) electrons. The zero-order valence-electron chi connectivity index (χ0n) is 12.2. The second kappa shape index (κ2) is 5.85. The van der Waals surface area contributed by atoms with Crippen LogP contribution in [0.4, 0.5) is 0 Å². The molecule has 3 heterocycles. The van der Waals surface area contributed by atoms with Crippen LogP contribution in [-0.4, -0.2) is 44.6 Å². The molecule has 0 spiro atoms. The van der Waals surface area contributed by atoms with Gasteiger partial charge in [-0.2, -0.15) is 0 Å². The van der Waals surface area contributed by atoms with E-state index < -0.39 is 6.10 Å². The minimum absolute atomic E-state index is 0.0467. The van der Waals surface area contributed by atoms with Crippen LogP contribution in [0, 0.1) is 0 Å². The normalized spacial score (nSPS) is 20.7. The van der Waals surface area contributed by atoms with Gasteiger partial charge >= 0.3 is 0 Å². The summed E-state index contributed by atoms with van der Waals surface area (Å²) >= 11 is 0. The molecule has 1 amide bonds. The number of aromatic amines is 1. The highest BCUT2D eigenvalue weighted by Crippen LogP contribution is 2.22. The van der Waals surface area contributed by atoms with Gasteiger partial charge in [0.25, 0.3) is 0 Å². The summed E-state index contributed by atoms with van der Waals surface area (Å²) in [6.45, 7) is 2.51. The molecule has 2 aromatic rings. The van der Waals surface area contributed by atoms with E-state index in [-0.39, 0.29) is 11.9 Å². The van der Waals surface area contributed by atoms with E-state index in [1.807, 2.05) is 23.2 Å². The molecule has 5 nitrogen and oxygen atoms in total. The average molecular weight is 287 g/mol. The fourth-order valence-corrected chi connectivity index (χ4v) is 3.19. The fraction of sp³-hybridized carbons (Fsp3) is 0.500. The molecular formula is C16H21N3O2. The molecule has 5 heteroatoms. The third-order valence-corrected chi connectivity index (χ3v) is 4.30. The van der Waals surface area contributed by atoms with Gasteiger partial charge in [-0.05, 0) is 43.9 Å². The van der Waals surface area contributed by atoms with Gasteiger partial charge in [-0.3, -0.25) is 4.79 Å². The first-order valence-electron chi connectivity index (χ1n) is 7.55. The lowest BCUT2D eigenvalue weighted by molar-refractivity contribution is -0.136. The Morgan fingerprint density at radius 2 is 2.43 bits per heavy atom. The maximum atomic E-state index is 12.6. The lowest BCUT2D eigenvalue weighted by atomic mass is 9.97. The number of fused-ring (bicyclic) bond motifs is 1. The number of nitrogens with zero attached hydrogens (tertiary/aromatic N) is 2. The molecule has 2 aromatic heterocycles. The Hall–Kier alpha value is -1.88. The molecule has 2 N–H and O–H groups in total. The molecular weight excluding hydrogens is 266 g/mol. The van der Waals surface area contributed by atoms with Crippen LogP contribution in [0.2, 0.25) is 0 Å². The Bertz CT molecular complexity index is 635. The van der Waals surface area contributed by atoms with Crippen molar-refractivity contribution in [2.24, 2.45) is 0 Å². The van der Waals surface area contributed by atoms with Gasteiger partial charge in [0, 0.05) is 24.3 Å². The van der Waals surface area contributed by atoms with Crippen molar-refractivity contribution in [1.29, 1.82) is 0 Å². The van der Waals surface area contributed by atoms with Crippen molar-refractivity contribution in [3.8, 4) is 0 Å². The van der Waals surface area contributed by atoms with Crippen LogP contribution in [0.3, 0.4) is 0 Å². The molecule has 1 aliphatic heterocycles. The highest BCUT2D eigenvalue weighted by molar-refractivity contribution is 5.87. The molecule has 0 bridgehead atoms. The maximum Gasteiger partial charge on any atom is 0.227 e. The molecule has 1 fully saturated rings. The quantitative estimate of drug-likeness (QED) is 0.905. The number of aromatic nitrogens is 2. The van der Waals surface area contributed by atoms with E-state index in [0.717, 1.165) is 42.4 Å². The molecule has 2 unspecified atom stereocenters. The van der Waals surface area contributed by atoms with Crippen molar-refractivity contribution >= 4 is 16.9 Å². The predicted octanol–water partition coefficient (Wildman–Crippen LogP) is 1.87. The highest BCUT2D eigenvalue weighted by atomic mass is 16.3. The first kappa shape index (κ1) is 14.1. The van der Waals surface area contributed by atoms with Gasteiger partial charge < -0.3 is 15.0 Å². The van der Waals surface area contributed by atoms with Gasteiger partial charge in [-0.25, -0.2) is 4.98 Å². The summed E-state index contributed by atoms with van der Waals surface area (Å²) in [4.78, 5) is 21.8. The predicted molar refractivity (Wildman–Crippen MR) is 80.8 cm³/mol. The molecule has 0 aromatic carbocycles. The van der Waals surface area contributed by atoms with E-state index in [0.29, 0.717) is 6.42 Å². The molecule has 0 aliphatic carbocycles. The Balaban J connectivity index is 1.79. The van der Waals surface area contributed by atoms with Crippen molar-refractivity contribution in [3.05, 3.63) is 30.1 Å². The van der Waals surface area contributed by atoms with Gasteiger partial charge in [0.1, 0.15) is 5.65 Å². The minimum atomic E-state index is -0.473. The Labute approximate surface area is 124 Å². The van der Waals surface area contributed by atoms with Crippen LogP contribution in [0.15, 0.2) is 24.5 Å². The van der Waals surface area contributed by atoms with Crippen LogP contribution in [-0.2, 0) is 11.2 Å². The molecule has 3 rings (SSSR count). The molecule has 1 saturated heterocycles. The summed E-state index contributed by atoms with van der Waals surface area (Å²) in [5.41, 5.74) is 1.78. The van der Waals surface area contributed by atoms with Crippen LogP contribution in [0.1, 0.15) is 31.7 Å². The number of hydrogen-bond acceptors (Lipinski definition) is 3. The van der Waals surface area contributed by atoms with E-state index >= 15 is 0 Å². The van der Waals surface area contributed by atoms with Gasteiger partial charge in [-0.15, -0.1) is 0 Å². The number of aliphatic hydroxyl groups is 1. The number of carbonyl (C=O) groups excluding carboxylic acids is 1. The summed E-state index contributed by atoms with van der Waals surface area (Å²) in [5, 5.41) is 10.9. The van der Waals surface area contributed by atoms with Crippen LogP contribution in [0.5, 0.6) is 0 Å². The number of likely N-dealkylation sites (tertiary alicyclic amines) is 1. The van der Waals surface area contributed by atoms with Crippen LogP contribution < -0.4 is 0 Å². The van der Waals surface area contributed by atoms with E-state index in [2.05, 4.69) is 9.97 Å². The zero-order chi connectivity index (χ0) is 14.8. The third kappa shape index (κ3) is 2.78. The van der Waals surface area contributed by atoms with E-state index in [4.69, 9.17) is 0 Å². The van der Waals surface area contributed by atoms with Gasteiger partial charge in [0.2, 0.25) is 5.91 Å². The Morgan fingerprint density at radius 3 is 3.24 bits per heavy atom. The van der Waals surface area contributed by atoms with Crippen molar-refractivity contribution in [3.63, 3.8) is 0 Å². The van der Waals surface area contributed by atoms with Crippen molar-refractivity contribution in [2.45, 2.75) is 44.8 Å². The Kier molecular flexibility index (Phi) is 3.92. The second-order valence-corrected chi connectivity index (χ2v) is 5.78. The second-order valence-electron chi connectivity index (χ2n) is 5.78. The largest absolute Gasteiger partial charge is 0.391 e. The van der Waals surface area contributed by atoms with Gasteiger partial charge in [0.05, 0.1) is 18.6 Å². The molecule has 112 valence electrons. The number of amides is 1. The summed E-state index contributed by atoms with van der Waals surface area (Å²) in [6.07, 6.45) is 6.46. The fourth-order valence-electron chi connectivity index (χ4n) is 3.19. The Morgan fingerprint density at radius 1 is 1.57 bits per heavy atom. The first-order chi connectivity index (χ1) is 10.2. The number of piperidine rings is 1. The number of carbonyl (C=O) groups is 1. The average Bonchev–Trinajstić information content (AvgIpc) is 2.90. The number of nitrogens with one attached hydrogen (secondary N) is 1. The van der Waals surface area contributed by atoms with Crippen molar-refractivity contribution < 1.29 is 9.90 Å². The standard InChI is InChI=1S/C16H21N3O2/c1-11(20)14-6-2-3-8-19(14)15(21)9-12-10-18-16-13(12)5-4-7-17-16/h4-5,7,10-11,14,20H,2-3,6,8-9H2,1H3,(H,17,18). The topological polar surface area (TPSA) is 69.2 Å². The lowest BCUT2D eigenvalue weighted by Gasteiger charge is -2.37. The van der Waals surface area contributed by atoms with Crippen molar-refractivity contribution in [1.82, 2.24) is 14.9 Å². The number of rotatable bonds is 3. The van der Waals surface area contributed by atoms with E-state index in [9.17, 15) is 9.90 Å². The molecule has 0 saturated carbocycles. The maximum absolute atomic E-state index is 12.6. The summed E-state index contributed by atoms with van der Waals surface area (Å²) in [7, 11) is 0. The summed E-state index contributed by atoms with van der Waals surface area (Å²) in [5.74, 6) is 0.0883. The minimum Gasteiger partial charge on any atom is -0.391 e. The number of hydrogen-bond donors (Lipinski definition) is 2. The third-order valence-electron chi connectivity index (χ3n) is 4.30. The molecule has 1 aliphatic rings. The highest BCUT2D eigenvalue weighted by Gasteiger charge is 2.30. The van der Waals surface area contributed by atoms with Crippen LogP contribution >= 0.6 is 0 Å². The number of aliphatic hydroxyl groups excluding tert-OH is 1. The zero-order valence-corrected chi connectivity index (χ0v) is 12.2. The van der Waals surface area contributed by atoms with E-state index in [1.54, 1.807) is 13.1 Å². The molecule has 2 atom stereocenters. The smallest absolute Gasteiger partial charge is 0.227 e. The monoisotopic (exact) mass is 287 g/mol. The van der Waals surface area contributed by atoms with Crippen molar-refractivity contribution in [2.75, 3.05) is 6.54 Å². The van der Waals surface area contributed by atoms with Crippen LogP contribution in [0.25, 0.3) is 11.0 Å². The molecule has 21 heavy (non-hydrogen) atoms. The first-order valence-corrected chi connectivity index (χ1v) is 7.55. The summed E-state index contributed by atoms with van der Waals surface area (Å²) in [6, 6.07) is 3.81. The SMILES string of the molecule is CC(O)C1CCCCN1C(=O)Cc1c[nH]c2ncccc12. The summed E-state index contributed by atoms with van der Waals surface area (Å²) < 4.78 is 0. The van der Waals surface area contributed by atoms with Gasteiger partial charge in [-0.1, -0.05) is 0 Å². The number of H-pyrrole nitrogens is 1.